The summed E-state index contributed by atoms with van der Waals surface area (Å²) in [6, 6.07) is 37.1. The molecule has 0 saturated heterocycles. The fraction of sp³-hybridized carbons (Fsp3) is 0.0833. The first-order valence-electron chi connectivity index (χ1n) is 14.0. The molecule has 0 aliphatic carbocycles. The zero-order chi connectivity index (χ0) is 30.7. The highest BCUT2D eigenvalue weighted by Crippen LogP contribution is 2.45. The van der Waals surface area contributed by atoms with E-state index in [1.54, 1.807) is 18.3 Å². The molecule has 0 saturated carbocycles. The lowest BCUT2D eigenvalue weighted by atomic mass is 9.77. The summed E-state index contributed by atoms with van der Waals surface area (Å²) >= 11 is 0. The molecule has 6 aromatic rings. The van der Waals surface area contributed by atoms with E-state index in [9.17, 15) is 14.9 Å². The smallest absolute Gasteiger partial charge is 0.330 e. The second kappa shape index (κ2) is 11.8. The number of nitro benzene ring substituents is 1. The number of pyridine rings is 1. The molecular formula is C36H28N4O4. The molecule has 6 rings (SSSR count). The van der Waals surface area contributed by atoms with Gasteiger partial charge in [0.05, 0.1) is 23.1 Å². The van der Waals surface area contributed by atoms with Gasteiger partial charge in [0.25, 0.3) is 5.69 Å². The number of ether oxygens (including phenoxy) is 1. The van der Waals surface area contributed by atoms with E-state index >= 15 is 0 Å². The van der Waals surface area contributed by atoms with Crippen molar-refractivity contribution < 1.29 is 14.5 Å². The normalized spacial score (nSPS) is 11.6. The number of nitrogens with zero attached hydrogens (tertiary/aromatic N) is 4. The Bertz CT molecular complexity index is 1910. The third-order valence-electron chi connectivity index (χ3n) is 7.69. The lowest BCUT2D eigenvalue weighted by molar-refractivity contribution is -0.385. The molecule has 0 fully saturated rings. The fourth-order valence-corrected chi connectivity index (χ4v) is 5.75. The van der Waals surface area contributed by atoms with E-state index in [2.05, 4.69) is 4.98 Å². The predicted octanol–water partition coefficient (Wildman–Crippen LogP) is 7.34. The summed E-state index contributed by atoms with van der Waals surface area (Å²) in [5, 5.41) is 18.5. The van der Waals surface area contributed by atoms with Crippen LogP contribution in [0.2, 0.25) is 0 Å². The van der Waals surface area contributed by atoms with E-state index in [4.69, 9.17) is 9.84 Å². The van der Waals surface area contributed by atoms with Gasteiger partial charge >= 0.3 is 5.97 Å². The van der Waals surface area contributed by atoms with Crippen LogP contribution in [0.5, 0.6) is 0 Å². The maximum atomic E-state index is 12.5. The lowest BCUT2D eigenvalue weighted by Gasteiger charge is -2.37. The standard InChI is InChI=1S/C36H28N4O4/c1-25-22-27(20-21-37-25)35-31-23-26(18-19-34(41)44-2)32(40(42)43)24-33(31)39(38-35)36(28-12-6-3-7-13-28,29-14-8-4-9-15-29)30-16-10-5-11-17-30/h3-24H,1-2H3/b19-18+. The number of hydrogen-bond acceptors (Lipinski definition) is 6. The van der Waals surface area contributed by atoms with Gasteiger partial charge in [0.15, 0.2) is 0 Å². The van der Waals surface area contributed by atoms with E-state index in [1.165, 1.54) is 19.3 Å². The van der Waals surface area contributed by atoms with E-state index < -0.39 is 16.4 Å². The van der Waals surface area contributed by atoms with Crippen LogP contribution in [0, 0.1) is 17.0 Å². The van der Waals surface area contributed by atoms with Crippen LogP contribution in [-0.4, -0.2) is 32.8 Å². The first kappa shape index (κ1) is 28.2. The molecule has 8 heteroatoms. The number of carbonyl (C=O) groups excluding carboxylic acids is 1. The molecule has 0 amide bonds. The number of rotatable bonds is 8. The third kappa shape index (κ3) is 4.92. The first-order chi connectivity index (χ1) is 21.4. The Labute approximate surface area is 254 Å². The summed E-state index contributed by atoms with van der Waals surface area (Å²) < 4.78 is 6.64. The molecule has 0 unspecified atom stereocenters. The molecular weight excluding hydrogens is 552 g/mol. The average Bonchev–Trinajstić information content (AvgIpc) is 3.43. The predicted molar refractivity (Wildman–Crippen MR) is 170 cm³/mol. The van der Waals surface area contributed by atoms with Gasteiger partial charge < -0.3 is 4.74 Å². The quantitative estimate of drug-likeness (QED) is 0.0614. The van der Waals surface area contributed by atoms with E-state index in [0.29, 0.717) is 16.6 Å². The van der Waals surface area contributed by atoms with Crippen LogP contribution >= 0.6 is 0 Å². The Morgan fingerprint density at radius 3 is 1.93 bits per heavy atom. The summed E-state index contributed by atoms with van der Waals surface area (Å²) in [6.45, 7) is 1.90. The van der Waals surface area contributed by atoms with E-state index in [1.807, 2.05) is 115 Å². The summed E-state index contributed by atoms with van der Waals surface area (Å²) in [4.78, 5) is 28.4. The molecule has 216 valence electrons. The molecule has 0 spiro atoms. The number of carbonyl (C=O) groups is 1. The van der Waals surface area contributed by atoms with E-state index in [-0.39, 0.29) is 11.3 Å². The van der Waals surface area contributed by atoms with Crippen molar-refractivity contribution in [1.29, 1.82) is 0 Å². The number of fused-ring (bicyclic) bond motifs is 1. The minimum absolute atomic E-state index is 0.167. The lowest BCUT2D eigenvalue weighted by Crippen LogP contribution is -2.38. The molecule has 0 radical (unpaired) electrons. The van der Waals surface area contributed by atoms with Crippen molar-refractivity contribution in [1.82, 2.24) is 14.8 Å². The fourth-order valence-electron chi connectivity index (χ4n) is 5.75. The van der Waals surface area contributed by atoms with Crippen molar-refractivity contribution in [2.24, 2.45) is 0 Å². The molecule has 0 aliphatic rings. The minimum Gasteiger partial charge on any atom is -0.466 e. The summed E-state index contributed by atoms with van der Waals surface area (Å²) in [7, 11) is 1.26. The molecule has 4 aromatic carbocycles. The third-order valence-corrected chi connectivity index (χ3v) is 7.69. The van der Waals surface area contributed by atoms with Crippen LogP contribution in [-0.2, 0) is 15.1 Å². The zero-order valence-corrected chi connectivity index (χ0v) is 24.1. The Kier molecular flexibility index (Phi) is 7.56. The highest BCUT2D eigenvalue weighted by molar-refractivity contribution is 5.98. The Morgan fingerprint density at radius 1 is 0.864 bits per heavy atom. The number of methoxy groups -OCH3 is 1. The van der Waals surface area contributed by atoms with Crippen molar-refractivity contribution in [3.05, 3.63) is 166 Å². The Balaban J connectivity index is 1.81. The van der Waals surface area contributed by atoms with Crippen molar-refractivity contribution in [3.63, 3.8) is 0 Å². The number of aryl methyl sites for hydroxylation is 1. The van der Waals surface area contributed by atoms with Gasteiger partial charge in [-0.2, -0.15) is 5.10 Å². The number of aromatic nitrogens is 3. The Hall–Kier alpha value is -5.89. The van der Waals surface area contributed by atoms with Crippen LogP contribution in [0.1, 0.15) is 27.9 Å². The summed E-state index contributed by atoms with van der Waals surface area (Å²) in [6.07, 6.45) is 4.30. The zero-order valence-electron chi connectivity index (χ0n) is 24.1. The van der Waals surface area contributed by atoms with Gasteiger partial charge in [-0.3, -0.25) is 15.1 Å². The molecule has 0 aliphatic heterocycles. The molecule has 8 nitrogen and oxygen atoms in total. The molecule has 0 atom stereocenters. The molecule has 2 heterocycles. The van der Waals surface area contributed by atoms with Crippen molar-refractivity contribution in [2.75, 3.05) is 7.11 Å². The van der Waals surface area contributed by atoms with Gasteiger partial charge in [-0.05, 0) is 47.9 Å². The highest BCUT2D eigenvalue weighted by atomic mass is 16.6. The maximum Gasteiger partial charge on any atom is 0.330 e. The first-order valence-corrected chi connectivity index (χ1v) is 14.0. The molecule has 44 heavy (non-hydrogen) atoms. The molecule has 2 aromatic heterocycles. The van der Waals surface area contributed by atoms with Crippen LogP contribution in [0.25, 0.3) is 28.2 Å². The number of hydrogen-bond donors (Lipinski definition) is 0. The topological polar surface area (TPSA) is 100 Å². The van der Waals surface area contributed by atoms with Gasteiger partial charge in [-0.25, -0.2) is 9.48 Å². The van der Waals surface area contributed by atoms with Gasteiger partial charge in [0.2, 0.25) is 0 Å². The van der Waals surface area contributed by atoms with Crippen LogP contribution in [0.3, 0.4) is 0 Å². The van der Waals surface area contributed by atoms with Crippen molar-refractivity contribution >= 4 is 28.6 Å². The molecule has 0 N–H and O–H groups in total. The van der Waals surface area contributed by atoms with Crippen LogP contribution in [0.15, 0.2) is 128 Å². The maximum absolute atomic E-state index is 12.5. The van der Waals surface area contributed by atoms with Crippen molar-refractivity contribution in [2.45, 2.75) is 12.5 Å². The van der Waals surface area contributed by atoms with Crippen molar-refractivity contribution in [3.8, 4) is 11.3 Å². The monoisotopic (exact) mass is 580 g/mol. The second-order valence-electron chi connectivity index (χ2n) is 10.3. The minimum atomic E-state index is -1.01. The van der Waals surface area contributed by atoms with Gasteiger partial charge in [0, 0.05) is 35.0 Å². The average molecular weight is 581 g/mol. The number of esters is 1. The van der Waals surface area contributed by atoms with E-state index in [0.717, 1.165) is 27.9 Å². The number of benzene rings is 4. The van der Waals surface area contributed by atoms with Gasteiger partial charge in [0.1, 0.15) is 11.2 Å². The molecule has 0 bridgehead atoms. The number of nitro groups is 1. The second-order valence-corrected chi connectivity index (χ2v) is 10.3. The van der Waals surface area contributed by atoms with Crippen LogP contribution in [0.4, 0.5) is 5.69 Å². The Morgan fingerprint density at radius 2 is 1.43 bits per heavy atom. The largest absolute Gasteiger partial charge is 0.466 e. The van der Waals surface area contributed by atoms with Gasteiger partial charge in [-0.1, -0.05) is 91.0 Å². The van der Waals surface area contributed by atoms with Crippen LogP contribution < -0.4 is 0 Å². The summed E-state index contributed by atoms with van der Waals surface area (Å²) in [5.41, 5.74) is 4.64. The SMILES string of the molecule is COC(=O)/C=C/c1cc2c(-c3ccnc(C)c3)nn(C(c3ccccc3)(c3ccccc3)c3ccccc3)c2cc1[N+](=O)[O-]. The van der Waals surface area contributed by atoms with Gasteiger partial charge in [-0.15, -0.1) is 0 Å². The summed E-state index contributed by atoms with van der Waals surface area (Å²) in [5.74, 6) is -0.615. The highest BCUT2D eigenvalue weighted by Gasteiger charge is 2.41.